The monoisotopic (exact) mass is 302 g/mol. The molecule has 1 atom stereocenters. The second kappa shape index (κ2) is 7.17. The molecule has 110 valence electrons. The van der Waals surface area contributed by atoms with Crippen molar-refractivity contribution in [3.63, 3.8) is 0 Å². The second-order valence-corrected chi connectivity index (χ2v) is 5.52. The fraction of sp³-hybridized carbons (Fsp3) is 0.333. The molecule has 0 fully saturated rings. The number of carbonyl (C=O) groups excluding carboxylic acids is 1. The minimum absolute atomic E-state index is 0.0242. The number of thioether (sulfide) groups is 1. The summed E-state index contributed by atoms with van der Waals surface area (Å²) in [6.07, 6.45) is 9.32. The van der Waals surface area contributed by atoms with E-state index in [2.05, 4.69) is 15.0 Å². The van der Waals surface area contributed by atoms with Crippen LogP contribution in [0.2, 0.25) is 0 Å². The number of rotatable bonds is 5. The summed E-state index contributed by atoms with van der Waals surface area (Å²) >= 11 is 1.48. The molecule has 21 heavy (non-hydrogen) atoms. The van der Waals surface area contributed by atoms with E-state index < -0.39 is 0 Å². The molecule has 6 heteroatoms. The largest absolute Gasteiger partial charge is 0.339 e. The van der Waals surface area contributed by atoms with Crippen LogP contribution in [0.4, 0.5) is 0 Å². The topological polar surface area (TPSA) is 59.0 Å². The van der Waals surface area contributed by atoms with Crippen LogP contribution in [-0.2, 0) is 6.42 Å². The van der Waals surface area contributed by atoms with Gasteiger partial charge in [-0.25, -0.2) is 4.98 Å². The number of carbonyl (C=O) groups is 1. The Labute approximate surface area is 128 Å². The minimum atomic E-state index is -0.0242. The van der Waals surface area contributed by atoms with Crippen LogP contribution in [0.25, 0.3) is 0 Å². The van der Waals surface area contributed by atoms with Gasteiger partial charge < -0.3 is 4.90 Å². The lowest BCUT2D eigenvalue weighted by molar-refractivity contribution is 0.0738. The zero-order chi connectivity index (χ0) is 15.2. The molecular weight excluding hydrogens is 284 g/mol. The van der Waals surface area contributed by atoms with Crippen LogP contribution >= 0.6 is 11.8 Å². The lowest BCUT2D eigenvalue weighted by Gasteiger charge is -2.25. The van der Waals surface area contributed by atoms with Crippen molar-refractivity contribution < 1.29 is 4.79 Å². The normalized spacial score (nSPS) is 12.0. The summed E-state index contributed by atoms with van der Waals surface area (Å²) in [5, 5.41) is 0.751. The number of likely N-dealkylation sites (N-methyl/N-ethyl adjacent to an activating group) is 1. The van der Waals surface area contributed by atoms with Crippen LogP contribution in [0.15, 0.2) is 41.9 Å². The Bertz CT molecular complexity index is 606. The van der Waals surface area contributed by atoms with E-state index in [0.717, 1.165) is 10.7 Å². The zero-order valence-electron chi connectivity index (χ0n) is 12.4. The van der Waals surface area contributed by atoms with E-state index in [0.29, 0.717) is 12.0 Å². The van der Waals surface area contributed by atoms with Gasteiger partial charge in [0.1, 0.15) is 5.03 Å². The molecular formula is C15H18N4OS. The van der Waals surface area contributed by atoms with Crippen molar-refractivity contribution in [2.24, 2.45) is 0 Å². The van der Waals surface area contributed by atoms with Gasteiger partial charge in [-0.1, -0.05) is 0 Å². The van der Waals surface area contributed by atoms with Crippen LogP contribution < -0.4 is 0 Å². The van der Waals surface area contributed by atoms with Crippen LogP contribution in [-0.4, -0.2) is 45.1 Å². The molecule has 0 aliphatic heterocycles. The summed E-state index contributed by atoms with van der Waals surface area (Å²) < 4.78 is 0. The molecule has 0 unspecified atom stereocenters. The Morgan fingerprint density at radius 3 is 2.81 bits per heavy atom. The van der Waals surface area contributed by atoms with Gasteiger partial charge in [-0.3, -0.25) is 14.8 Å². The van der Waals surface area contributed by atoms with Gasteiger partial charge in [-0.2, -0.15) is 0 Å². The molecule has 0 aliphatic carbocycles. The first-order valence-electron chi connectivity index (χ1n) is 6.64. The summed E-state index contributed by atoms with van der Waals surface area (Å²) in [5.74, 6) is -0.0242. The van der Waals surface area contributed by atoms with E-state index in [1.165, 1.54) is 11.8 Å². The van der Waals surface area contributed by atoms with Gasteiger partial charge in [0.25, 0.3) is 5.91 Å². The van der Waals surface area contributed by atoms with Gasteiger partial charge in [0, 0.05) is 44.3 Å². The lowest BCUT2D eigenvalue weighted by Crippen LogP contribution is -2.37. The lowest BCUT2D eigenvalue weighted by atomic mass is 10.1. The molecule has 2 aromatic heterocycles. The van der Waals surface area contributed by atoms with Crippen molar-refractivity contribution in [2.45, 2.75) is 24.4 Å². The number of hydrogen-bond acceptors (Lipinski definition) is 5. The summed E-state index contributed by atoms with van der Waals surface area (Å²) in [7, 11) is 1.81. The van der Waals surface area contributed by atoms with E-state index >= 15 is 0 Å². The first-order chi connectivity index (χ1) is 10.1. The fourth-order valence-corrected chi connectivity index (χ4v) is 2.52. The SMILES string of the molecule is CSc1ncccc1C(=O)N(C)[C@@H](C)Cc1cnccn1. The second-order valence-electron chi connectivity index (χ2n) is 4.73. The molecule has 0 N–H and O–H groups in total. The van der Waals surface area contributed by atoms with Gasteiger partial charge in [0.2, 0.25) is 0 Å². The molecule has 0 aromatic carbocycles. The summed E-state index contributed by atoms with van der Waals surface area (Å²) in [6.45, 7) is 2.00. The van der Waals surface area contributed by atoms with Crippen LogP contribution in [0, 0.1) is 0 Å². The maximum atomic E-state index is 12.6. The molecule has 0 aliphatic rings. The van der Waals surface area contributed by atoms with E-state index in [9.17, 15) is 4.79 Å². The van der Waals surface area contributed by atoms with Crippen molar-refractivity contribution >= 4 is 17.7 Å². The summed E-state index contributed by atoms with van der Waals surface area (Å²) in [4.78, 5) is 26.9. The molecule has 0 radical (unpaired) electrons. The van der Waals surface area contributed by atoms with Gasteiger partial charge in [-0.15, -0.1) is 11.8 Å². The van der Waals surface area contributed by atoms with E-state index in [-0.39, 0.29) is 11.9 Å². The van der Waals surface area contributed by atoms with Crippen molar-refractivity contribution in [1.29, 1.82) is 0 Å². The van der Waals surface area contributed by atoms with Crippen LogP contribution in [0.1, 0.15) is 23.0 Å². The summed E-state index contributed by atoms with van der Waals surface area (Å²) in [5.41, 5.74) is 1.51. The number of nitrogens with zero attached hydrogens (tertiary/aromatic N) is 4. The standard InChI is InChI=1S/C15H18N4OS/c1-11(9-12-10-16-7-8-17-12)19(2)15(20)13-5-4-6-18-14(13)21-3/h4-8,10-11H,9H2,1-3H3/t11-/m0/s1. The predicted octanol–water partition coefficient (Wildman–Crippen LogP) is 2.30. The maximum absolute atomic E-state index is 12.6. The van der Waals surface area contributed by atoms with Crippen molar-refractivity contribution in [3.05, 3.63) is 48.2 Å². The Morgan fingerprint density at radius 2 is 2.14 bits per heavy atom. The Hall–Kier alpha value is -1.95. The van der Waals surface area contributed by atoms with E-state index in [4.69, 9.17) is 0 Å². The zero-order valence-corrected chi connectivity index (χ0v) is 13.2. The third kappa shape index (κ3) is 3.78. The highest BCUT2D eigenvalue weighted by Crippen LogP contribution is 2.19. The van der Waals surface area contributed by atoms with E-state index in [1.54, 1.807) is 42.8 Å². The van der Waals surface area contributed by atoms with Gasteiger partial charge in [0.05, 0.1) is 11.3 Å². The molecule has 2 heterocycles. The number of pyridine rings is 1. The van der Waals surface area contributed by atoms with Crippen molar-refractivity contribution in [1.82, 2.24) is 19.9 Å². The van der Waals surface area contributed by atoms with Crippen molar-refractivity contribution in [3.8, 4) is 0 Å². The number of aromatic nitrogens is 3. The highest BCUT2D eigenvalue weighted by Gasteiger charge is 2.21. The quantitative estimate of drug-likeness (QED) is 0.793. The molecule has 5 nitrogen and oxygen atoms in total. The average molecular weight is 302 g/mol. The fourth-order valence-electron chi connectivity index (χ4n) is 1.98. The third-order valence-corrected chi connectivity index (χ3v) is 4.01. The van der Waals surface area contributed by atoms with Crippen LogP contribution in [0.5, 0.6) is 0 Å². The smallest absolute Gasteiger partial charge is 0.256 e. The molecule has 2 rings (SSSR count). The van der Waals surface area contributed by atoms with Crippen molar-refractivity contribution in [2.75, 3.05) is 13.3 Å². The predicted molar refractivity (Wildman–Crippen MR) is 83.3 cm³/mol. The molecule has 1 amide bonds. The van der Waals surface area contributed by atoms with E-state index in [1.807, 2.05) is 19.2 Å². The Kier molecular flexibility index (Phi) is 5.27. The molecule has 0 saturated heterocycles. The molecule has 0 spiro atoms. The average Bonchev–Trinajstić information content (AvgIpc) is 2.54. The van der Waals surface area contributed by atoms with Gasteiger partial charge in [0.15, 0.2) is 0 Å². The maximum Gasteiger partial charge on any atom is 0.256 e. The number of hydrogen-bond donors (Lipinski definition) is 0. The van der Waals surface area contributed by atoms with Gasteiger partial charge >= 0.3 is 0 Å². The molecule has 0 saturated carbocycles. The third-order valence-electron chi connectivity index (χ3n) is 3.30. The molecule has 0 bridgehead atoms. The molecule has 2 aromatic rings. The minimum Gasteiger partial charge on any atom is -0.339 e. The Balaban J connectivity index is 2.11. The summed E-state index contributed by atoms with van der Waals surface area (Å²) in [6, 6.07) is 3.63. The van der Waals surface area contributed by atoms with Crippen LogP contribution in [0.3, 0.4) is 0 Å². The highest BCUT2D eigenvalue weighted by molar-refractivity contribution is 7.98. The highest BCUT2D eigenvalue weighted by atomic mass is 32.2. The first kappa shape index (κ1) is 15.4. The number of amides is 1. The first-order valence-corrected chi connectivity index (χ1v) is 7.87. The Morgan fingerprint density at radius 1 is 1.33 bits per heavy atom. The van der Waals surface area contributed by atoms with Gasteiger partial charge in [-0.05, 0) is 25.3 Å².